The number of hydrogen-bond acceptors (Lipinski definition) is 3. The predicted octanol–water partition coefficient (Wildman–Crippen LogP) is 2.97. The average Bonchev–Trinajstić information content (AvgIpc) is 2.98. The van der Waals surface area contributed by atoms with Crippen LogP contribution in [0.4, 0.5) is 5.69 Å². The molecule has 2 rings (SSSR count). The quantitative estimate of drug-likeness (QED) is 0.892. The summed E-state index contributed by atoms with van der Waals surface area (Å²) in [6, 6.07) is 11.2. The highest BCUT2D eigenvalue weighted by molar-refractivity contribution is 5.91. The fraction of sp³-hybridized carbons (Fsp3) is 0.294. The van der Waals surface area contributed by atoms with Crippen molar-refractivity contribution < 1.29 is 14.0 Å². The number of carbonyl (C=O) groups is 2. The number of nitrogens with zero attached hydrogens (tertiary/aromatic N) is 1. The van der Waals surface area contributed by atoms with Crippen molar-refractivity contribution >= 4 is 17.5 Å². The first-order valence-electron chi connectivity index (χ1n) is 7.19. The Morgan fingerprint density at radius 3 is 2.59 bits per heavy atom. The summed E-state index contributed by atoms with van der Waals surface area (Å²) in [5, 5.41) is 2.86. The molecule has 22 heavy (non-hydrogen) atoms. The highest BCUT2D eigenvalue weighted by Gasteiger charge is 2.13. The van der Waals surface area contributed by atoms with E-state index in [0.29, 0.717) is 18.8 Å². The summed E-state index contributed by atoms with van der Waals surface area (Å²) in [7, 11) is 0. The van der Waals surface area contributed by atoms with Crippen LogP contribution in [0, 0.1) is 6.92 Å². The van der Waals surface area contributed by atoms with Gasteiger partial charge in [-0.05, 0) is 30.7 Å². The van der Waals surface area contributed by atoms with Gasteiger partial charge in [-0.25, -0.2) is 0 Å². The molecule has 5 nitrogen and oxygen atoms in total. The number of aryl methyl sites for hydroxylation is 1. The van der Waals surface area contributed by atoms with Crippen molar-refractivity contribution in [1.82, 2.24) is 4.90 Å². The van der Waals surface area contributed by atoms with Crippen LogP contribution in [0.3, 0.4) is 0 Å². The fourth-order valence-corrected chi connectivity index (χ4v) is 2.10. The van der Waals surface area contributed by atoms with Gasteiger partial charge in [-0.1, -0.05) is 18.2 Å². The van der Waals surface area contributed by atoms with Crippen molar-refractivity contribution in [2.24, 2.45) is 0 Å². The van der Waals surface area contributed by atoms with E-state index in [0.717, 1.165) is 11.3 Å². The molecule has 2 amide bonds. The largest absolute Gasteiger partial charge is 0.467 e. The summed E-state index contributed by atoms with van der Waals surface area (Å²) >= 11 is 0. The van der Waals surface area contributed by atoms with Crippen molar-refractivity contribution in [2.75, 3.05) is 11.9 Å². The Morgan fingerprint density at radius 1 is 1.18 bits per heavy atom. The Bertz CT molecular complexity index is 635. The lowest BCUT2D eigenvalue weighted by atomic mass is 10.2. The van der Waals surface area contributed by atoms with Gasteiger partial charge in [0.1, 0.15) is 5.76 Å². The normalized spacial score (nSPS) is 10.3. The SMILES string of the molecule is CC(=O)N(CCC(=O)Nc1ccccc1C)Cc1ccco1. The molecule has 1 aromatic carbocycles. The first-order valence-corrected chi connectivity index (χ1v) is 7.19. The standard InChI is InChI=1S/C17H20N2O3/c1-13-6-3-4-8-16(13)18-17(21)9-10-19(14(2)20)12-15-7-5-11-22-15/h3-8,11H,9-10,12H2,1-2H3,(H,18,21). The van der Waals surface area contributed by atoms with Crippen molar-refractivity contribution in [3.8, 4) is 0 Å². The molecule has 0 saturated carbocycles. The Balaban J connectivity index is 1.88. The molecule has 116 valence electrons. The van der Waals surface area contributed by atoms with Crippen molar-refractivity contribution in [1.29, 1.82) is 0 Å². The van der Waals surface area contributed by atoms with Crippen LogP contribution in [0.5, 0.6) is 0 Å². The molecule has 0 saturated heterocycles. The lowest BCUT2D eigenvalue weighted by Gasteiger charge is -2.19. The fourth-order valence-electron chi connectivity index (χ4n) is 2.10. The molecule has 1 N–H and O–H groups in total. The molecule has 1 heterocycles. The maximum Gasteiger partial charge on any atom is 0.226 e. The Hall–Kier alpha value is -2.56. The van der Waals surface area contributed by atoms with Crippen LogP contribution in [0.1, 0.15) is 24.7 Å². The molecule has 0 aliphatic carbocycles. The Labute approximate surface area is 129 Å². The van der Waals surface area contributed by atoms with Gasteiger partial charge in [0.2, 0.25) is 11.8 Å². The minimum Gasteiger partial charge on any atom is -0.467 e. The van der Waals surface area contributed by atoms with Crippen molar-refractivity contribution in [2.45, 2.75) is 26.8 Å². The average molecular weight is 300 g/mol. The summed E-state index contributed by atoms with van der Waals surface area (Å²) in [6.07, 6.45) is 1.81. The molecular weight excluding hydrogens is 280 g/mol. The first kappa shape index (κ1) is 15.8. The van der Waals surface area contributed by atoms with E-state index in [2.05, 4.69) is 5.32 Å². The second-order valence-electron chi connectivity index (χ2n) is 5.13. The van der Waals surface area contributed by atoms with Gasteiger partial charge in [-0.3, -0.25) is 9.59 Å². The number of hydrogen-bond donors (Lipinski definition) is 1. The zero-order chi connectivity index (χ0) is 15.9. The first-order chi connectivity index (χ1) is 10.6. The van der Waals surface area contributed by atoms with Crippen molar-refractivity contribution in [3.63, 3.8) is 0 Å². The second kappa shape index (κ2) is 7.45. The molecule has 0 radical (unpaired) electrons. The summed E-state index contributed by atoms with van der Waals surface area (Å²) in [5.74, 6) is 0.509. The van der Waals surface area contributed by atoms with Gasteiger partial charge in [0.15, 0.2) is 0 Å². The van der Waals surface area contributed by atoms with Crippen molar-refractivity contribution in [3.05, 3.63) is 54.0 Å². The number of furan rings is 1. The number of rotatable bonds is 6. The zero-order valence-corrected chi connectivity index (χ0v) is 12.8. The summed E-state index contributed by atoms with van der Waals surface area (Å²) < 4.78 is 5.24. The number of benzene rings is 1. The summed E-state index contributed by atoms with van der Waals surface area (Å²) in [5.41, 5.74) is 1.81. The van der Waals surface area contributed by atoms with Gasteiger partial charge in [0.05, 0.1) is 12.8 Å². The van der Waals surface area contributed by atoms with E-state index >= 15 is 0 Å². The molecule has 1 aromatic heterocycles. The van der Waals surface area contributed by atoms with E-state index in [9.17, 15) is 9.59 Å². The van der Waals surface area contributed by atoms with Gasteiger partial charge in [0, 0.05) is 25.6 Å². The molecule has 0 fully saturated rings. The summed E-state index contributed by atoms with van der Waals surface area (Å²) in [6.45, 7) is 4.16. The minimum absolute atomic E-state index is 0.0832. The number of nitrogens with one attached hydrogen (secondary N) is 1. The number of amides is 2. The molecule has 0 unspecified atom stereocenters. The molecule has 0 atom stereocenters. The number of carbonyl (C=O) groups excluding carboxylic acids is 2. The van der Waals surface area contributed by atoms with Crippen LogP contribution < -0.4 is 5.32 Å². The van der Waals surface area contributed by atoms with Crippen LogP contribution in [-0.2, 0) is 16.1 Å². The molecule has 0 aliphatic rings. The molecule has 0 spiro atoms. The molecular formula is C17H20N2O3. The van der Waals surface area contributed by atoms with E-state index in [1.165, 1.54) is 6.92 Å². The van der Waals surface area contributed by atoms with E-state index in [1.54, 1.807) is 17.2 Å². The van der Waals surface area contributed by atoms with Gasteiger partial charge in [-0.15, -0.1) is 0 Å². The highest BCUT2D eigenvalue weighted by Crippen LogP contribution is 2.13. The maximum atomic E-state index is 12.0. The van der Waals surface area contributed by atoms with Gasteiger partial charge in [-0.2, -0.15) is 0 Å². The molecule has 5 heteroatoms. The molecule has 0 bridgehead atoms. The van der Waals surface area contributed by atoms with E-state index in [-0.39, 0.29) is 18.2 Å². The number of para-hydroxylation sites is 1. The van der Waals surface area contributed by atoms with Crippen LogP contribution in [0.2, 0.25) is 0 Å². The third-order valence-corrected chi connectivity index (χ3v) is 3.40. The number of anilines is 1. The Morgan fingerprint density at radius 2 is 1.95 bits per heavy atom. The topological polar surface area (TPSA) is 62.6 Å². The third-order valence-electron chi connectivity index (χ3n) is 3.40. The minimum atomic E-state index is -0.111. The lowest BCUT2D eigenvalue weighted by Crippen LogP contribution is -2.31. The van der Waals surface area contributed by atoms with Gasteiger partial charge >= 0.3 is 0 Å². The van der Waals surface area contributed by atoms with E-state index in [1.807, 2.05) is 37.3 Å². The third kappa shape index (κ3) is 4.48. The smallest absolute Gasteiger partial charge is 0.226 e. The Kier molecular flexibility index (Phi) is 5.36. The van der Waals surface area contributed by atoms with Gasteiger partial charge < -0.3 is 14.6 Å². The second-order valence-corrected chi connectivity index (χ2v) is 5.13. The highest BCUT2D eigenvalue weighted by atomic mass is 16.3. The van der Waals surface area contributed by atoms with Gasteiger partial charge in [0.25, 0.3) is 0 Å². The molecule has 2 aromatic rings. The predicted molar refractivity (Wildman–Crippen MR) is 84.2 cm³/mol. The van der Waals surface area contributed by atoms with Crippen LogP contribution in [-0.4, -0.2) is 23.3 Å². The van der Waals surface area contributed by atoms with Crippen LogP contribution >= 0.6 is 0 Å². The van der Waals surface area contributed by atoms with Crippen LogP contribution in [0.25, 0.3) is 0 Å². The maximum absolute atomic E-state index is 12.0. The van der Waals surface area contributed by atoms with E-state index in [4.69, 9.17) is 4.42 Å². The van der Waals surface area contributed by atoms with E-state index < -0.39 is 0 Å². The molecule has 0 aliphatic heterocycles. The monoisotopic (exact) mass is 300 g/mol. The summed E-state index contributed by atoms with van der Waals surface area (Å²) in [4.78, 5) is 25.3. The van der Waals surface area contributed by atoms with Crippen LogP contribution in [0.15, 0.2) is 47.1 Å². The zero-order valence-electron chi connectivity index (χ0n) is 12.8. The lowest BCUT2D eigenvalue weighted by molar-refractivity contribution is -0.130.